The van der Waals surface area contributed by atoms with E-state index in [1.807, 2.05) is 0 Å². The van der Waals surface area contributed by atoms with Gasteiger partial charge in [0, 0.05) is 4.83 Å². The van der Waals surface area contributed by atoms with Crippen LogP contribution in [0.3, 0.4) is 0 Å². The average Bonchev–Trinajstić information content (AvgIpc) is 1.12. The first-order chi connectivity index (χ1) is 3.89. The summed E-state index contributed by atoms with van der Waals surface area (Å²) in [7, 11) is -10.1. The van der Waals surface area contributed by atoms with Crippen LogP contribution in [0.5, 0.6) is 0 Å². The normalized spacial score (nSPS) is 17.2. The Balaban J connectivity index is 0. The molecule has 1 N–H and O–H groups in total. The van der Waals surface area contributed by atoms with Gasteiger partial charge in [-0.2, -0.15) is 0 Å². The van der Waals surface area contributed by atoms with E-state index in [9.17, 15) is 19.4 Å². The first kappa shape index (κ1) is 13.8. The van der Waals surface area contributed by atoms with Crippen LogP contribution in [0.25, 0.3) is 0 Å². The standard InChI is InChI=1S/F5HN2O2S.Na.H/c1-10(2,3,4,5)6-7(8)9;;/h6H;;. The van der Waals surface area contributed by atoms with Gasteiger partial charge in [-0.25, -0.2) is 10.1 Å². The third-order valence-electron chi connectivity index (χ3n) is 0.247. The molecule has 0 aliphatic heterocycles. The number of rotatable bonds is 2. The van der Waals surface area contributed by atoms with Crippen molar-refractivity contribution in [3.63, 3.8) is 0 Å². The van der Waals surface area contributed by atoms with Crippen molar-refractivity contribution in [2.75, 3.05) is 0 Å². The fourth-order valence-electron chi connectivity index (χ4n) is 0.141. The zero-order valence-corrected chi connectivity index (χ0v) is 4.88. The number of halogens is 5. The average molecular weight is 212 g/mol. The molecule has 4 nitrogen and oxygen atoms in total. The predicted molar refractivity (Wildman–Crippen MR) is 30.4 cm³/mol. The molecule has 0 aromatic heterocycles. The second kappa shape index (κ2) is 2.34. The van der Waals surface area contributed by atoms with Crippen LogP contribution in [-0.4, -0.2) is 34.6 Å². The monoisotopic (exact) mass is 212 g/mol. The molecular formula is H2F5N2NaO2S. The summed E-state index contributed by atoms with van der Waals surface area (Å²) in [6.07, 6.45) is 0. The van der Waals surface area contributed by atoms with Crippen molar-refractivity contribution in [3.8, 4) is 0 Å². The molecule has 0 heterocycles. The summed E-state index contributed by atoms with van der Waals surface area (Å²) < 4.78 is 54.6. The van der Waals surface area contributed by atoms with Crippen molar-refractivity contribution in [3.05, 3.63) is 10.1 Å². The van der Waals surface area contributed by atoms with Gasteiger partial charge in [-0.3, -0.25) is 0 Å². The van der Waals surface area contributed by atoms with E-state index in [4.69, 9.17) is 10.1 Å². The number of hydrogen-bond acceptors (Lipinski definition) is 2. The van der Waals surface area contributed by atoms with Gasteiger partial charge in [0.05, 0.1) is 0 Å². The summed E-state index contributed by atoms with van der Waals surface area (Å²) in [6, 6.07) is 0. The van der Waals surface area contributed by atoms with Crippen LogP contribution < -0.4 is 4.83 Å². The van der Waals surface area contributed by atoms with Crippen LogP contribution in [0.4, 0.5) is 19.4 Å². The molecule has 66 valence electrons. The fourth-order valence-corrected chi connectivity index (χ4v) is 0.423. The molecule has 0 saturated heterocycles. The number of hydrazine groups is 1. The molecule has 0 aliphatic rings. The molecule has 0 rings (SSSR count). The van der Waals surface area contributed by atoms with Gasteiger partial charge in [0.1, 0.15) is 0 Å². The SMILES string of the molecule is O=[N+]([O-])NS(F)(F)(F)(F)F.[NaH]. The summed E-state index contributed by atoms with van der Waals surface area (Å²) in [5.74, 6) is 0. The molecule has 11 heteroatoms. The van der Waals surface area contributed by atoms with Gasteiger partial charge < -0.3 is 0 Å². The van der Waals surface area contributed by atoms with E-state index in [1.165, 1.54) is 0 Å². The van der Waals surface area contributed by atoms with Gasteiger partial charge in [0.15, 0.2) is 5.03 Å². The Labute approximate surface area is 79.4 Å². The van der Waals surface area contributed by atoms with E-state index in [2.05, 4.69) is 0 Å². The van der Waals surface area contributed by atoms with E-state index in [-0.39, 0.29) is 29.6 Å². The van der Waals surface area contributed by atoms with Crippen molar-refractivity contribution >= 4 is 40.0 Å². The third kappa shape index (κ3) is 13.2. The summed E-state index contributed by atoms with van der Waals surface area (Å²) >= 11 is 0. The van der Waals surface area contributed by atoms with Crippen LogP contribution >= 0.6 is 10.4 Å². The van der Waals surface area contributed by atoms with Crippen LogP contribution in [0.1, 0.15) is 0 Å². The van der Waals surface area contributed by atoms with E-state index in [0.717, 1.165) is 0 Å². The summed E-state index contributed by atoms with van der Waals surface area (Å²) in [5, 5.41) is 6.60. The second-order valence-corrected chi connectivity index (χ2v) is 3.44. The van der Waals surface area contributed by atoms with E-state index in [1.54, 1.807) is 0 Å². The molecule has 0 aromatic rings. The summed E-state index contributed by atoms with van der Waals surface area (Å²) in [4.78, 5) is 7.99. The molecule has 0 aromatic carbocycles. The van der Waals surface area contributed by atoms with Crippen molar-refractivity contribution in [1.82, 2.24) is 4.83 Å². The Hall–Kier alpha value is 0.200. The first-order valence-corrected chi connectivity index (χ1v) is 3.52. The topological polar surface area (TPSA) is 55.2 Å². The van der Waals surface area contributed by atoms with Crippen LogP contribution in [0.2, 0.25) is 0 Å². The number of nitrogens with zero attached hydrogens (tertiary/aromatic N) is 1. The van der Waals surface area contributed by atoms with Crippen molar-refractivity contribution < 1.29 is 24.5 Å². The Morgan fingerprint density at radius 3 is 1.45 bits per heavy atom. The van der Waals surface area contributed by atoms with E-state index < -0.39 is 20.3 Å². The van der Waals surface area contributed by atoms with Gasteiger partial charge in [-0.05, 0) is 0 Å². The van der Waals surface area contributed by atoms with E-state index in [0.29, 0.717) is 0 Å². The Morgan fingerprint density at radius 2 is 1.45 bits per heavy atom. The first-order valence-electron chi connectivity index (χ1n) is 1.56. The summed E-state index contributed by atoms with van der Waals surface area (Å²) in [6.45, 7) is 0. The van der Waals surface area contributed by atoms with Crippen LogP contribution in [0, 0.1) is 10.1 Å². The molecule has 0 atom stereocenters. The van der Waals surface area contributed by atoms with Gasteiger partial charge in [0.25, 0.3) is 0 Å². The predicted octanol–water partition coefficient (Wildman–Crippen LogP) is 1.33. The molecule has 0 bridgehead atoms. The van der Waals surface area contributed by atoms with E-state index >= 15 is 0 Å². The minimum absolute atomic E-state index is 0. The third-order valence-corrected chi connectivity index (χ3v) is 0.741. The molecule has 11 heavy (non-hydrogen) atoms. The number of nitro groups is 1. The molecular weight excluding hydrogens is 210 g/mol. The molecule has 0 unspecified atom stereocenters. The van der Waals surface area contributed by atoms with Gasteiger partial charge in [-0.15, -0.1) is 0 Å². The molecule has 0 saturated carbocycles. The maximum atomic E-state index is 10.9. The Morgan fingerprint density at radius 1 is 1.18 bits per heavy atom. The Bertz CT molecular complexity index is 170. The summed E-state index contributed by atoms with van der Waals surface area (Å²) in [5.41, 5.74) is 0. The number of hydrogen-bond donors (Lipinski definition) is 1. The fraction of sp³-hybridized carbons (Fsp3) is 0. The quantitative estimate of drug-likeness (QED) is 0.325. The molecule has 0 spiro atoms. The van der Waals surface area contributed by atoms with Crippen molar-refractivity contribution in [2.24, 2.45) is 0 Å². The maximum absolute atomic E-state index is 10.9. The van der Waals surface area contributed by atoms with Crippen molar-refractivity contribution in [1.29, 1.82) is 0 Å². The van der Waals surface area contributed by atoms with Gasteiger partial charge in [0.2, 0.25) is 0 Å². The molecule has 0 radical (unpaired) electrons. The zero-order chi connectivity index (χ0) is 8.69. The van der Waals surface area contributed by atoms with Crippen LogP contribution in [0.15, 0.2) is 0 Å². The molecule has 0 aliphatic carbocycles. The molecule has 0 amide bonds. The van der Waals surface area contributed by atoms with Crippen LogP contribution in [-0.2, 0) is 0 Å². The van der Waals surface area contributed by atoms with Gasteiger partial charge >= 0.3 is 40.0 Å². The zero-order valence-electron chi connectivity index (χ0n) is 4.06. The Kier molecular flexibility index (Phi) is 2.93. The molecule has 0 fully saturated rings. The van der Waals surface area contributed by atoms with Gasteiger partial charge in [-0.1, -0.05) is 19.4 Å². The van der Waals surface area contributed by atoms with Crippen molar-refractivity contribution in [2.45, 2.75) is 0 Å². The second-order valence-electron chi connectivity index (χ2n) is 1.32. The minimum atomic E-state index is -10.1. The number of nitrogens with one attached hydrogen (secondary N) is 1.